The molecule has 1 aliphatic carbocycles. The Kier molecular flexibility index (Phi) is 3.61. The van der Waals surface area contributed by atoms with Crippen molar-refractivity contribution in [3.8, 4) is 11.8 Å². The van der Waals surface area contributed by atoms with Crippen LogP contribution >= 0.6 is 0 Å². The highest BCUT2D eigenvalue weighted by molar-refractivity contribution is 6.22. The van der Waals surface area contributed by atoms with Crippen molar-refractivity contribution in [1.29, 1.82) is 0 Å². The second-order valence-electron chi connectivity index (χ2n) is 8.38. The monoisotopic (exact) mass is 379 g/mol. The molecular weight excluding hydrogens is 358 g/mol. The molecule has 1 saturated heterocycles. The van der Waals surface area contributed by atoms with Gasteiger partial charge in [-0.2, -0.15) is 0 Å². The number of imide groups is 1. The molecule has 1 saturated carbocycles. The van der Waals surface area contributed by atoms with Crippen LogP contribution in [0.4, 0.5) is 5.69 Å². The molecule has 7 nitrogen and oxygen atoms in total. The second-order valence-corrected chi connectivity index (χ2v) is 8.38. The van der Waals surface area contributed by atoms with Crippen LogP contribution in [0.3, 0.4) is 0 Å². The first-order valence-corrected chi connectivity index (χ1v) is 9.53. The van der Waals surface area contributed by atoms with E-state index < -0.39 is 5.41 Å². The second kappa shape index (κ2) is 5.85. The maximum absolute atomic E-state index is 12.4. The summed E-state index contributed by atoms with van der Waals surface area (Å²) in [5.41, 5.74) is 1.93. The van der Waals surface area contributed by atoms with Crippen LogP contribution in [-0.4, -0.2) is 21.8 Å². The Morgan fingerprint density at radius 1 is 1.14 bits per heavy atom. The molecule has 0 unspecified atom stereocenters. The number of carbonyl (C=O) groups is 2. The number of hydrogen-bond acceptors (Lipinski definition) is 6. The standard InChI is InChI=1S/C21H21N3O4/c1-20(2)9-17(25)24(18(20)26)14-10-22-19(23-11-14)28-15-5-4-13-12-27-21(6-3-7-21)16(13)8-15/h4-5,8,10-11H,3,6-7,9,12H2,1-2H3. The molecule has 7 heteroatoms. The SMILES string of the molecule is CC1(C)CC(=O)N(c2cnc(Oc3ccc4c(c3)C3(CCC3)OC4)nc2)C1=O. The van der Waals surface area contributed by atoms with E-state index >= 15 is 0 Å². The van der Waals surface area contributed by atoms with Gasteiger partial charge in [0.25, 0.3) is 0 Å². The number of aromatic nitrogens is 2. The Morgan fingerprint density at radius 2 is 1.89 bits per heavy atom. The van der Waals surface area contributed by atoms with Crippen LogP contribution in [0.25, 0.3) is 0 Å². The molecule has 5 rings (SSSR count). The van der Waals surface area contributed by atoms with Gasteiger partial charge in [-0.15, -0.1) is 0 Å². The zero-order valence-corrected chi connectivity index (χ0v) is 15.9. The van der Waals surface area contributed by atoms with E-state index in [9.17, 15) is 9.59 Å². The highest BCUT2D eigenvalue weighted by atomic mass is 16.5. The number of fused-ring (bicyclic) bond motifs is 2. The van der Waals surface area contributed by atoms with Crippen molar-refractivity contribution in [3.63, 3.8) is 0 Å². The van der Waals surface area contributed by atoms with Gasteiger partial charge in [0, 0.05) is 6.42 Å². The van der Waals surface area contributed by atoms with Gasteiger partial charge in [-0.3, -0.25) is 9.59 Å². The first kappa shape index (κ1) is 17.3. The summed E-state index contributed by atoms with van der Waals surface area (Å²) in [5.74, 6) is 0.175. The summed E-state index contributed by atoms with van der Waals surface area (Å²) in [6.07, 6.45) is 6.35. The number of ether oxygens (including phenoxy) is 2. The van der Waals surface area contributed by atoms with Crippen LogP contribution < -0.4 is 9.64 Å². The molecule has 3 heterocycles. The fourth-order valence-electron chi connectivity index (χ4n) is 4.17. The largest absolute Gasteiger partial charge is 0.424 e. The number of benzene rings is 1. The molecule has 2 aliphatic heterocycles. The van der Waals surface area contributed by atoms with E-state index in [2.05, 4.69) is 9.97 Å². The van der Waals surface area contributed by atoms with Crippen LogP contribution in [0.1, 0.15) is 50.7 Å². The molecule has 0 radical (unpaired) electrons. The van der Waals surface area contributed by atoms with Crippen LogP contribution in [0.2, 0.25) is 0 Å². The van der Waals surface area contributed by atoms with Gasteiger partial charge >= 0.3 is 6.01 Å². The molecule has 144 valence electrons. The van der Waals surface area contributed by atoms with E-state index in [4.69, 9.17) is 9.47 Å². The van der Waals surface area contributed by atoms with E-state index in [-0.39, 0.29) is 29.8 Å². The Morgan fingerprint density at radius 3 is 2.50 bits per heavy atom. The number of amides is 2. The lowest BCUT2D eigenvalue weighted by atomic mass is 9.75. The summed E-state index contributed by atoms with van der Waals surface area (Å²) in [6, 6.07) is 6.08. The molecule has 0 N–H and O–H groups in total. The molecule has 0 atom stereocenters. The molecule has 1 aromatic heterocycles. The topological polar surface area (TPSA) is 81.6 Å². The minimum absolute atomic E-state index is 0.136. The van der Waals surface area contributed by atoms with Gasteiger partial charge in [0.15, 0.2) is 0 Å². The Bertz CT molecular complexity index is 980. The van der Waals surface area contributed by atoms with E-state index in [1.54, 1.807) is 13.8 Å². The zero-order chi connectivity index (χ0) is 19.5. The summed E-state index contributed by atoms with van der Waals surface area (Å²) in [6.45, 7) is 4.17. The lowest BCUT2D eigenvalue weighted by molar-refractivity contribution is -0.124. The Balaban J connectivity index is 1.36. The van der Waals surface area contributed by atoms with Gasteiger partial charge < -0.3 is 9.47 Å². The van der Waals surface area contributed by atoms with Gasteiger partial charge in [0.05, 0.1) is 35.7 Å². The van der Waals surface area contributed by atoms with Gasteiger partial charge in [-0.25, -0.2) is 14.9 Å². The minimum Gasteiger partial charge on any atom is -0.424 e. The molecule has 2 fully saturated rings. The summed E-state index contributed by atoms with van der Waals surface area (Å²) in [7, 11) is 0. The van der Waals surface area contributed by atoms with Gasteiger partial charge in [-0.05, 0) is 42.5 Å². The van der Waals surface area contributed by atoms with Crippen LogP contribution in [0, 0.1) is 5.41 Å². The summed E-state index contributed by atoms with van der Waals surface area (Å²) >= 11 is 0. The molecule has 2 aromatic rings. The first-order valence-electron chi connectivity index (χ1n) is 9.53. The first-order chi connectivity index (χ1) is 13.4. The summed E-state index contributed by atoms with van der Waals surface area (Å²) in [4.78, 5) is 34.1. The van der Waals surface area contributed by atoms with Gasteiger partial charge in [0.1, 0.15) is 5.75 Å². The lowest BCUT2D eigenvalue weighted by Gasteiger charge is -2.38. The Hall–Kier alpha value is -2.80. The van der Waals surface area contributed by atoms with Crippen molar-refractivity contribution in [1.82, 2.24) is 9.97 Å². The van der Waals surface area contributed by atoms with Crippen molar-refractivity contribution >= 4 is 17.5 Å². The summed E-state index contributed by atoms with van der Waals surface area (Å²) in [5, 5.41) is 0. The molecule has 2 amide bonds. The molecule has 28 heavy (non-hydrogen) atoms. The predicted molar refractivity (Wildman–Crippen MR) is 99.8 cm³/mol. The number of anilines is 1. The number of carbonyl (C=O) groups excluding carboxylic acids is 2. The number of nitrogens with zero attached hydrogens (tertiary/aromatic N) is 3. The third-order valence-electron chi connectivity index (χ3n) is 5.94. The lowest BCUT2D eigenvalue weighted by Crippen LogP contribution is -2.33. The van der Waals surface area contributed by atoms with E-state index in [0.717, 1.165) is 17.7 Å². The molecule has 0 bridgehead atoms. The van der Waals surface area contributed by atoms with Crippen molar-refractivity contribution in [3.05, 3.63) is 41.7 Å². The van der Waals surface area contributed by atoms with Crippen molar-refractivity contribution in [2.24, 2.45) is 5.41 Å². The smallest absolute Gasteiger partial charge is 0.322 e. The summed E-state index contributed by atoms with van der Waals surface area (Å²) < 4.78 is 11.8. The van der Waals surface area contributed by atoms with Crippen molar-refractivity contribution in [2.75, 3.05) is 4.90 Å². The molecule has 1 aromatic carbocycles. The highest BCUT2D eigenvalue weighted by Crippen LogP contribution is 2.51. The van der Waals surface area contributed by atoms with Crippen molar-refractivity contribution < 1.29 is 19.1 Å². The molecular formula is C21H21N3O4. The maximum Gasteiger partial charge on any atom is 0.322 e. The number of hydrogen-bond donors (Lipinski definition) is 0. The molecule has 3 aliphatic rings. The van der Waals surface area contributed by atoms with Gasteiger partial charge in [-0.1, -0.05) is 19.9 Å². The normalized spacial score (nSPS) is 21.7. The van der Waals surface area contributed by atoms with Crippen molar-refractivity contribution in [2.45, 2.75) is 51.7 Å². The fourth-order valence-corrected chi connectivity index (χ4v) is 4.17. The highest BCUT2D eigenvalue weighted by Gasteiger charge is 2.46. The molecule has 1 spiro atoms. The predicted octanol–water partition coefficient (Wildman–Crippen LogP) is 3.47. The van der Waals surface area contributed by atoms with Crippen LogP contribution in [0.5, 0.6) is 11.8 Å². The van der Waals surface area contributed by atoms with Crippen LogP contribution in [0.15, 0.2) is 30.6 Å². The van der Waals surface area contributed by atoms with E-state index in [1.807, 2.05) is 18.2 Å². The third kappa shape index (κ3) is 2.53. The zero-order valence-electron chi connectivity index (χ0n) is 15.9. The van der Waals surface area contributed by atoms with Crippen LogP contribution in [-0.2, 0) is 26.5 Å². The fraction of sp³-hybridized carbons (Fsp3) is 0.429. The van der Waals surface area contributed by atoms with E-state index in [1.165, 1.54) is 29.9 Å². The average Bonchev–Trinajstić information content (AvgIpc) is 3.10. The quantitative estimate of drug-likeness (QED) is 0.760. The average molecular weight is 379 g/mol. The van der Waals surface area contributed by atoms with E-state index in [0.29, 0.717) is 18.0 Å². The third-order valence-corrected chi connectivity index (χ3v) is 5.94. The minimum atomic E-state index is -0.698. The maximum atomic E-state index is 12.4. The Labute approximate surface area is 162 Å². The van der Waals surface area contributed by atoms with Gasteiger partial charge in [0.2, 0.25) is 11.8 Å². The number of rotatable bonds is 3.